The normalized spacial score (nSPS) is 24.6. The highest BCUT2D eigenvalue weighted by Gasteiger charge is 2.38. The highest BCUT2D eigenvalue weighted by Crippen LogP contribution is 2.32. The van der Waals surface area contributed by atoms with Crippen molar-refractivity contribution in [2.24, 2.45) is 0 Å². The summed E-state index contributed by atoms with van der Waals surface area (Å²) in [6.45, 7) is 4.13. The Hall–Kier alpha value is -1.88. The molecule has 5 heteroatoms. The Morgan fingerprint density at radius 3 is 2.67 bits per heavy atom. The molecule has 1 aromatic carbocycles. The summed E-state index contributed by atoms with van der Waals surface area (Å²) in [7, 11) is 1.69. The van der Waals surface area contributed by atoms with Crippen LogP contribution in [-0.2, 0) is 0 Å². The zero-order chi connectivity index (χ0) is 14.4. The molecule has 2 atom stereocenters. The van der Waals surface area contributed by atoms with Gasteiger partial charge < -0.3 is 15.0 Å². The summed E-state index contributed by atoms with van der Waals surface area (Å²) in [5, 5.41) is 4.60. The van der Waals surface area contributed by atoms with Crippen molar-refractivity contribution < 1.29 is 4.74 Å². The molecule has 0 radical (unpaired) electrons. The molecule has 0 amide bonds. The number of aromatic nitrogens is 2. The Bertz CT molecular complexity index is 671. The molecular weight excluding hydrogens is 264 g/mol. The second kappa shape index (κ2) is 4.84. The van der Waals surface area contributed by atoms with E-state index in [1.54, 1.807) is 7.11 Å². The molecule has 2 aliphatic rings. The number of anilines is 1. The molecule has 1 N–H and O–H groups in total. The summed E-state index contributed by atoms with van der Waals surface area (Å²) < 4.78 is 5.32. The summed E-state index contributed by atoms with van der Waals surface area (Å²) in [6, 6.07) is 7.07. The number of benzene rings is 1. The number of aryl methyl sites for hydroxylation is 1. The Morgan fingerprint density at radius 2 is 1.95 bits per heavy atom. The van der Waals surface area contributed by atoms with E-state index >= 15 is 0 Å². The molecular formula is C16H20N4O. The van der Waals surface area contributed by atoms with Crippen LogP contribution < -0.4 is 15.0 Å². The molecule has 0 spiro atoms. The fraction of sp³-hybridized carbons (Fsp3) is 0.500. The maximum atomic E-state index is 5.32. The minimum absolute atomic E-state index is 0.534. The summed E-state index contributed by atoms with van der Waals surface area (Å²) >= 11 is 0. The number of ether oxygens (including phenoxy) is 1. The monoisotopic (exact) mass is 284 g/mol. The minimum Gasteiger partial charge on any atom is -0.497 e. The number of methoxy groups -OCH3 is 1. The zero-order valence-electron chi connectivity index (χ0n) is 12.5. The van der Waals surface area contributed by atoms with Gasteiger partial charge in [0.2, 0.25) is 5.95 Å². The number of piperazine rings is 1. The van der Waals surface area contributed by atoms with Gasteiger partial charge in [0.25, 0.3) is 0 Å². The lowest BCUT2D eigenvalue weighted by molar-refractivity contribution is 0.415. The highest BCUT2D eigenvalue weighted by molar-refractivity contribution is 5.83. The molecule has 2 bridgehead atoms. The van der Waals surface area contributed by atoms with Crippen LogP contribution in [0.4, 0.5) is 5.95 Å². The van der Waals surface area contributed by atoms with Gasteiger partial charge in [-0.2, -0.15) is 0 Å². The molecule has 0 aliphatic carbocycles. The van der Waals surface area contributed by atoms with Crippen LogP contribution in [0.3, 0.4) is 0 Å². The van der Waals surface area contributed by atoms with Crippen molar-refractivity contribution in [3.8, 4) is 5.75 Å². The summed E-state index contributed by atoms with van der Waals surface area (Å²) in [5.41, 5.74) is 2.00. The van der Waals surface area contributed by atoms with Crippen molar-refractivity contribution in [1.82, 2.24) is 15.3 Å². The van der Waals surface area contributed by atoms with Crippen LogP contribution in [0.5, 0.6) is 5.75 Å². The number of hydrogen-bond acceptors (Lipinski definition) is 5. The lowest BCUT2D eigenvalue weighted by atomic mass is 10.2. The van der Waals surface area contributed by atoms with E-state index in [4.69, 9.17) is 14.7 Å². The van der Waals surface area contributed by atoms with Gasteiger partial charge in [-0.25, -0.2) is 9.97 Å². The third-order valence-corrected chi connectivity index (χ3v) is 4.69. The van der Waals surface area contributed by atoms with E-state index in [0.29, 0.717) is 12.1 Å². The van der Waals surface area contributed by atoms with Gasteiger partial charge in [0, 0.05) is 36.6 Å². The van der Waals surface area contributed by atoms with Crippen LogP contribution in [0.15, 0.2) is 18.2 Å². The second-order valence-electron chi connectivity index (χ2n) is 5.94. The van der Waals surface area contributed by atoms with Gasteiger partial charge in [0.05, 0.1) is 18.3 Å². The Labute approximate surface area is 124 Å². The van der Waals surface area contributed by atoms with E-state index in [2.05, 4.69) is 17.1 Å². The average Bonchev–Trinajstić information content (AvgIpc) is 2.76. The van der Waals surface area contributed by atoms with Crippen molar-refractivity contribution in [3.05, 3.63) is 23.9 Å². The molecule has 2 fully saturated rings. The zero-order valence-corrected chi connectivity index (χ0v) is 12.5. The van der Waals surface area contributed by atoms with Crippen molar-refractivity contribution >= 4 is 16.9 Å². The molecule has 5 nitrogen and oxygen atoms in total. The summed E-state index contributed by atoms with van der Waals surface area (Å²) in [4.78, 5) is 12.0. The number of nitrogens with zero attached hydrogens (tertiary/aromatic N) is 3. The minimum atomic E-state index is 0.534. The fourth-order valence-corrected chi connectivity index (χ4v) is 3.60. The number of fused-ring (bicyclic) bond motifs is 3. The molecule has 2 aliphatic heterocycles. The van der Waals surface area contributed by atoms with E-state index in [1.165, 1.54) is 12.8 Å². The van der Waals surface area contributed by atoms with Crippen LogP contribution in [-0.4, -0.2) is 42.3 Å². The van der Waals surface area contributed by atoms with Crippen LogP contribution >= 0.6 is 0 Å². The smallest absolute Gasteiger partial charge is 0.226 e. The average molecular weight is 284 g/mol. The lowest BCUT2D eigenvalue weighted by Crippen LogP contribution is -2.52. The highest BCUT2D eigenvalue weighted by atomic mass is 16.5. The molecule has 0 saturated carbocycles. The first-order valence-corrected chi connectivity index (χ1v) is 7.57. The van der Waals surface area contributed by atoms with Crippen LogP contribution in [0.1, 0.15) is 18.5 Å². The molecule has 4 rings (SSSR count). The number of rotatable bonds is 2. The topological polar surface area (TPSA) is 50.3 Å². The predicted octanol–water partition coefficient (Wildman–Crippen LogP) is 1.89. The van der Waals surface area contributed by atoms with E-state index in [0.717, 1.165) is 41.4 Å². The van der Waals surface area contributed by atoms with Gasteiger partial charge >= 0.3 is 0 Å². The molecule has 1 aromatic heterocycles. The van der Waals surface area contributed by atoms with Gasteiger partial charge in [-0.05, 0) is 31.9 Å². The number of hydrogen-bond donors (Lipinski definition) is 1. The Morgan fingerprint density at radius 1 is 1.19 bits per heavy atom. The number of nitrogens with one attached hydrogen (secondary N) is 1. The Kier molecular flexibility index (Phi) is 2.96. The molecule has 0 unspecified atom stereocenters. The summed E-state index contributed by atoms with van der Waals surface area (Å²) in [6.07, 6.45) is 2.46. The van der Waals surface area contributed by atoms with Crippen molar-refractivity contribution in [2.75, 3.05) is 25.1 Å². The van der Waals surface area contributed by atoms with E-state index in [9.17, 15) is 0 Å². The lowest BCUT2D eigenvalue weighted by Gasteiger charge is -2.35. The van der Waals surface area contributed by atoms with E-state index in [-0.39, 0.29) is 0 Å². The Balaban J connectivity index is 1.82. The van der Waals surface area contributed by atoms with Gasteiger partial charge in [0.1, 0.15) is 5.75 Å². The molecule has 21 heavy (non-hydrogen) atoms. The van der Waals surface area contributed by atoms with Gasteiger partial charge in [-0.1, -0.05) is 0 Å². The first kappa shape index (κ1) is 12.8. The molecule has 2 aromatic rings. The second-order valence-corrected chi connectivity index (χ2v) is 5.94. The van der Waals surface area contributed by atoms with E-state index < -0.39 is 0 Å². The maximum absolute atomic E-state index is 5.32. The van der Waals surface area contributed by atoms with E-state index in [1.807, 2.05) is 18.2 Å². The fourth-order valence-electron chi connectivity index (χ4n) is 3.60. The van der Waals surface area contributed by atoms with Crippen molar-refractivity contribution in [2.45, 2.75) is 31.8 Å². The van der Waals surface area contributed by atoms with Crippen LogP contribution in [0.25, 0.3) is 10.9 Å². The SMILES string of the molecule is COc1ccc2c(C)nc(N3[C@@H]4CC[C@H]3CNC4)nc2c1. The maximum Gasteiger partial charge on any atom is 0.226 e. The first-order valence-electron chi connectivity index (χ1n) is 7.57. The van der Waals surface area contributed by atoms with Gasteiger partial charge in [0.15, 0.2) is 0 Å². The quantitative estimate of drug-likeness (QED) is 0.912. The first-order chi connectivity index (χ1) is 10.3. The predicted molar refractivity (Wildman–Crippen MR) is 83.0 cm³/mol. The van der Waals surface area contributed by atoms with Crippen molar-refractivity contribution in [3.63, 3.8) is 0 Å². The largest absolute Gasteiger partial charge is 0.497 e. The third-order valence-electron chi connectivity index (χ3n) is 4.69. The molecule has 110 valence electrons. The summed E-state index contributed by atoms with van der Waals surface area (Å²) in [5.74, 6) is 1.72. The molecule has 2 saturated heterocycles. The third kappa shape index (κ3) is 2.03. The molecule has 3 heterocycles. The van der Waals surface area contributed by atoms with Crippen molar-refractivity contribution in [1.29, 1.82) is 0 Å². The standard InChI is InChI=1S/C16H20N4O/c1-10-14-6-5-13(21-2)7-15(14)19-16(18-10)20-11-3-4-12(20)9-17-8-11/h5-7,11-12,17H,3-4,8-9H2,1-2H3/t11-,12+. The van der Waals surface area contributed by atoms with Gasteiger partial charge in [-0.15, -0.1) is 0 Å². The van der Waals surface area contributed by atoms with Gasteiger partial charge in [-0.3, -0.25) is 0 Å². The van der Waals surface area contributed by atoms with Crippen LogP contribution in [0.2, 0.25) is 0 Å². The van der Waals surface area contributed by atoms with Crippen LogP contribution in [0, 0.1) is 6.92 Å².